The molecule has 0 radical (unpaired) electrons. The van der Waals surface area contributed by atoms with Gasteiger partial charge in [-0.2, -0.15) is 0 Å². The van der Waals surface area contributed by atoms with E-state index < -0.39 is 12.0 Å². The zero-order chi connectivity index (χ0) is 16.2. The van der Waals surface area contributed by atoms with Crippen LogP contribution in [0.4, 0.5) is 0 Å². The predicted molar refractivity (Wildman–Crippen MR) is 84.2 cm³/mol. The van der Waals surface area contributed by atoms with Crippen LogP contribution in [0.25, 0.3) is 0 Å². The third-order valence-electron chi connectivity index (χ3n) is 4.25. The first-order chi connectivity index (χ1) is 10.7. The Kier molecular flexibility index (Phi) is 8.26. The van der Waals surface area contributed by atoms with Gasteiger partial charge in [-0.05, 0) is 19.3 Å². The van der Waals surface area contributed by atoms with Gasteiger partial charge in [-0.1, -0.05) is 58.3 Å². The number of carboxylic acids is 1. The van der Waals surface area contributed by atoms with E-state index in [1.165, 1.54) is 32.1 Å². The van der Waals surface area contributed by atoms with E-state index in [0.29, 0.717) is 26.3 Å². The molecule has 1 amide bonds. The van der Waals surface area contributed by atoms with Crippen molar-refractivity contribution < 1.29 is 16.1 Å². The standard InChI is InChI=1S/C17H31NO3/c1-2-3-4-5-6-7-8-9-10-13-16(19)18-14-11-12-15(18)17(20)21/h15H,2-14H2,1H3,(H,20,21)/t15-/m0/s1/i1D. The smallest absolute Gasteiger partial charge is 0.326 e. The zero-order valence-corrected chi connectivity index (χ0v) is 13.2. The van der Waals surface area contributed by atoms with Gasteiger partial charge in [-0.3, -0.25) is 4.79 Å². The van der Waals surface area contributed by atoms with Crippen LogP contribution in [0.5, 0.6) is 0 Å². The summed E-state index contributed by atoms with van der Waals surface area (Å²) in [6.45, 7) is 1.15. The van der Waals surface area contributed by atoms with Gasteiger partial charge in [0.15, 0.2) is 0 Å². The molecule has 0 aromatic rings. The number of aliphatic carboxylic acids is 1. The molecule has 1 fully saturated rings. The summed E-state index contributed by atoms with van der Waals surface area (Å²) in [6.07, 6.45) is 12.2. The van der Waals surface area contributed by atoms with Crippen LogP contribution >= 0.6 is 0 Å². The van der Waals surface area contributed by atoms with Crippen LogP contribution < -0.4 is 0 Å². The highest BCUT2D eigenvalue weighted by molar-refractivity contribution is 5.84. The second kappa shape index (κ2) is 10.6. The van der Waals surface area contributed by atoms with Gasteiger partial charge < -0.3 is 10.0 Å². The van der Waals surface area contributed by atoms with Gasteiger partial charge in [0.2, 0.25) is 5.91 Å². The molecule has 122 valence electrons. The predicted octanol–water partition coefficient (Wildman–Crippen LogP) is 3.98. The molecular formula is C17H31NO3. The fraction of sp³-hybridized carbons (Fsp3) is 0.882. The van der Waals surface area contributed by atoms with Crippen molar-refractivity contribution in [3.05, 3.63) is 0 Å². The van der Waals surface area contributed by atoms with Crippen molar-refractivity contribution in [3.8, 4) is 0 Å². The number of hydrogen-bond donors (Lipinski definition) is 1. The van der Waals surface area contributed by atoms with Crippen LogP contribution in [0.3, 0.4) is 0 Å². The van der Waals surface area contributed by atoms with Gasteiger partial charge in [0.05, 0.1) is 0 Å². The van der Waals surface area contributed by atoms with E-state index in [1.54, 1.807) is 4.90 Å². The van der Waals surface area contributed by atoms with Gasteiger partial charge in [-0.15, -0.1) is 0 Å². The Labute approximate surface area is 130 Å². The molecule has 0 aliphatic carbocycles. The van der Waals surface area contributed by atoms with Gasteiger partial charge in [0.25, 0.3) is 0 Å². The molecule has 1 atom stereocenters. The molecule has 4 nitrogen and oxygen atoms in total. The molecule has 1 saturated heterocycles. The van der Waals surface area contributed by atoms with Gasteiger partial charge >= 0.3 is 5.97 Å². The number of carboxylic acid groups (broad SMARTS) is 1. The molecule has 0 aromatic carbocycles. The summed E-state index contributed by atoms with van der Waals surface area (Å²) in [5, 5.41) is 9.07. The molecule has 0 unspecified atom stereocenters. The van der Waals surface area contributed by atoms with Crippen molar-refractivity contribution in [1.29, 1.82) is 0 Å². The van der Waals surface area contributed by atoms with Crippen LogP contribution in [-0.4, -0.2) is 34.5 Å². The first kappa shape index (κ1) is 16.3. The number of nitrogens with zero attached hydrogens (tertiary/aromatic N) is 1. The maximum Gasteiger partial charge on any atom is 0.326 e. The maximum absolute atomic E-state index is 12.0. The Morgan fingerprint density at radius 1 is 1.10 bits per heavy atom. The normalized spacial score (nSPS) is 18.8. The topological polar surface area (TPSA) is 57.6 Å². The van der Waals surface area contributed by atoms with Crippen molar-refractivity contribution in [2.24, 2.45) is 0 Å². The van der Waals surface area contributed by atoms with E-state index in [0.717, 1.165) is 32.1 Å². The number of rotatable bonds is 11. The fourth-order valence-electron chi connectivity index (χ4n) is 2.98. The summed E-state index contributed by atoms with van der Waals surface area (Å²) in [4.78, 5) is 24.6. The van der Waals surface area contributed by atoms with Crippen LogP contribution in [0.1, 0.15) is 85.3 Å². The number of unbranched alkanes of at least 4 members (excludes halogenated alkanes) is 8. The Bertz CT molecular complexity index is 336. The Morgan fingerprint density at radius 2 is 1.71 bits per heavy atom. The lowest BCUT2D eigenvalue weighted by molar-refractivity contribution is -0.148. The minimum Gasteiger partial charge on any atom is -0.480 e. The number of hydrogen-bond acceptors (Lipinski definition) is 2. The summed E-state index contributed by atoms with van der Waals surface area (Å²) in [7, 11) is 0. The number of carbonyl (C=O) groups excluding carboxylic acids is 1. The molecule has 4 heteroatoms. The first-order valence-corrected chi connectivity index (χ1v) is 8.48. The molecule has 21 heavy (non-hydrogen) atoms. The summed E-state index contributed by atoms with van der Waals surface area (Å²) >= 11 is 0. The number of carbonyl (C=O) groups is 2. The van der Waals surface area contributed by atoms with Crippen molar-refractivity contribution in [3.63, 3.8) is 0 Å². The summed E-state index contributed by atoms with van der Waals surface area (Å²) in [5.41, 5.74) is 0. The highest BCUT2D eigenvalue weighted by Gasteiger charge is 2.33. The van der Waals surface area contributed by atoms with Crippen LogP contribution in [0.15, 0.2) is 0 Å². The minimum atomic E-state index is -0.865. The third-order valence-corrected chi connectivity index (χ3v) is 4.25. The average Bonchev–Trinajstić information content (AvgIpc) is 2.99. The Balaban J connectivity index is 1.98. The molecule has 1 heterocycles. The zero-order valence-electron chi connectivity index (χ0n) is 14.2. The molecule has 1 rings (SSSR count). The van der Waals surface area contributed by atoms with Crippen molar-refractivity contribution in [2.45, 2.75) is 90.0 Å². The van der Waals surface area contributed by atoms with Crippen molar-refractivity contribution >= 4 is 11.9 Å². The molecule has 0 spiro atoms. The maximum atomic E-state index is 12.0. The molecule has 1 N–H and O–H groups in total. The molecule has 0 bridgehead atoms. The number of amides is 1. The van der Waals surface area contributed by atoms with Crippen LogP contribution in [0, 0.1) is 0 Å². The van der Waals surface area contributed by atoms with E-state index >= 15 is 0 Å². The summed E-state index contributed by atoms with van der Waals surface area (Å²) in [6, 6.07) is -0.587. The second-order valence-corrected chi connectivity index (χ2v) is 6.02. The average molecular weight is 298 g/mol. The van der Waals surface area contributed by atoms with Crippen molar-refractivity contribution in [1.82, 2.24) is 4.90 Å². The fourth-order valence-corrected chi connectivity index (χ4v) is 2.98. The van der Waals surface area contributed by atoms with E-state index in [-0.39, 0.29) is 5.91 Å². The lowest BCUT2D eigenvalue weighted by Gasteiger charge is -2.21. The van der Waals surface area contributed by atoms with Crippen molar-refractivity contribution in [2.75, 3.05) is 6.54 Å². The lowest BCUT2D eigenvalue weighted by atomic mass is 10.1. The van der Waals surface area contributed by atoms with Gasteiger partial charge in [0.1, 0.15) is 6.04 Å². The molecule has 0 saturated carbocycles. The van der Waals surface area contributed by atoms with E-state index in [2.05, 4.69) is 0 Å². The Morgan fingerprint density at radius 3 is 2.33 bits per heavy atom. The third kappa shape index (κ3) is 6.96. The molecular weight excluding hydrogens is 266 g/mol. The molecule has 1 aliphatic heterocycles. The lowest BCUT2D eigenvalue weighted by Crippen LogP contribution is -2.40. The summed E-state index contributed by atoms with van der Waals surface area (Å²) in [5.74, 6) is -0.850. The monoisotopic (exact) mass is 298 g/mol. The highest BCUT2D eigenvalue weighted by atomic mass is 16.4. The first-order valence-electron chi connectivity index (χ1n) is 9.19. The number of likely N-dealkylation sites (tertiary alicyclic amines) is 1. The quantitative estimate of drug-likeness (QED) is 0.587. The van der Waals surface area contributed by atoms with Gasteiger partial charge in [0, 0.05) is 14.3 Å². The van der Waals surface area contributed by atoms with Crippen LogP contribution in [0.2, 0.25) is 0 Å². The molecule has 1 aliphatic rings. The highest BCUT2D eigenvalue weighted by Crippen LogP contribution is 2.19. The molecule has 0 aromatic heterocycles. The summed E-state index contributed by atoms with van der Waals surface area (Å²) < 4.78 is 7.06. The van der Waals surface area contributed by atoms with E-state index in [9.17, 15) is 9.59 Å². The van der Waals surface area contributed by atoms with E-state index in [1.807, 2.05) is 0 Å². The Hall–Kier alpha value is -1.06. The van der Waals surface area contributed by atoms with E-state index in [4.69, 9.17) is 6.48 Å². The SMILES string of the molecule is [2H]CCCCCCCCCCCC(=O)N1CCC[C@H]1C(=O)O. The van der Waals surface area contributed by atoms with Crippen LogP contribution in [-0.2, 0) is 9.59 Å². The second-order valence-electron chi connectivity index (χ2n) is 6.02. The minimum absolute atomic E-state index is 0.0142. The van der Waals surface area contributed by atoms with Gasteiger partial charge in [-0.25, -0.2) is 4.79 Å². The largest absolute Gasteiger partial charge is 0.480 e.